The molecule has 1 unspecified atom stereocenters. The number of ether oxygens (including phenoxy) is 1. The highest BCUT2D eigenvalue weighted by atomic mass is 16.5. The van der Waals surface area contributed by atoms with Crippen LogP contribution in [0.4, 0.5) is 0 Å². The monoisotopic (exact) mass is 460 g/mol. The van der Waals surface area contributed by atoms with Crippen LogP contribution in [0.15, 0.2) is 66.9 Å². The molecule has 0 spiro atoms. The fourth-order valence-corrected chi connectivity index (χ4v) is 4.77. The number of carbonyl (C=O) groups excluding carboxylic acids is 2. The van der Waals surface area contributed by atoms with Gasteiger partial charge < -0.3 is 14.5 Å². The van der Waals surface area contributed by atoms with Crippen LogP contribution in [0.25, 0.3) is 0 Å². The summed E-state index contributed by atoms with van der Waals surface area (Å²) in [5, 5.41) is 4.32. The number of aryl methyl sites for hydroxylation is 1. The summed E-state index contributed by atoms with van der Waals surface area (Å²) in [6.07, 6.45) is 4.18. The molecule has 2 heterocycles. The summed E-state index contributed by atoms with van der Waals surface area (Å²) in [7, 11) is 5.33. The highest BCUT2D eigenvalue weighted by Crippen LogP contribution is 2.28. The standard InChI is InChI=1S/C27H32N4O3/c1-29-15-14-24(28-29)27(33)30(2)25(19-20-8-7-11-23(18-20)34-3)21-12-16-31(17-13-21)26(32)22-9-5-4-6-10-22/h4-11,14-15,18,21,25H,12-13,16-17,19H2,1-3H3. The fraction of sp³-hybridized carbons (Fsp3) is 0.370. The summed E-state index contributed by atoms with van der Waals surface area (Å²) < 4.78 is 7.05. The lowest BCUT2D eigenvalue weighted by Gasteiger charge is -2.40. The molecular formula is C27H32N4O3. The van der Waals surface area contributed by atoms with E-state index in [1.54, 1.807) is 24.1 Å². The number of likely N-dealkylation sites (tertiary alicyclic amines) is 1. The minimum Gasteiger partial charge on any atom is -0.497 e. The number of likely N-dealkylation sites (N-methyl/N-ethyl adjacent to an activating group) is 1. The molecule has 4 rings (SSSR count). The summed E-state index contributed by atoms with van der Waals surface area (Å²) in [5.74, 6) is 1.06. The lowest BCUT2D eigenvalue weighted by atomic mass is 9.84. The molecule has 2 aromatic carbocycles. The van der Waals surface area contributed by atoms with Gasteiger partial charge in [-0.2, -0.15) is 5.10 Å². The Balaban J connectivity index is 1.51. The molecule has 0 radical (unpaired) electrons. The Kier molecular flexibility index (Phi) is 7.30. The molecule has 0 aliphatic carbocycles. The highest BCUT2D eigenvalue weighted by Gasteiger charge is 2.33. The molecule has 178 valence electrons. The van der Waals surface area contributed by atoms with Crippen molar-refractivity contribution in [1.82, 2.24) is 19.6 Å². The maximum atomic E-state index is 13.3. The number of benzene rings is 2. The van der Waals surface area contributed by atoms with Crippen molar-refractivity contribution in [3.8, 4) is 5.75 Å². The maximum absolute atomic E-state index is 13.3. The van der Waals surface area contributed by atoms with Gasteiger partial charge in [0.2, 0.25) is 0 Å². The normalized spacial score (nSPS) is 15.1. The van der Waals surface area contributed by atoms with Crippen LogP contribution in [0, 0.1) is 5.92 Å². The number of piperidine rings is 1. The molecule has 2 amide bonds. The maximum Gasteiger partial charge on any atom is 0.274 e. The molecule has 1 saturated heterocycles. The molecule has 1 aromatic heterocycles. The van der Waals surface area contributed by atoms with E-state index in [9.17, 15) is 9.59 Å². The van der Waals surface area contributed by atoms with E-state index in [2.05, 4.69) is 11.2 Å². The second kappa shape index (κ2) is 10.5. The zero-order chi connectivity index (χ0) is 24.1. The van der Waals surface area contributed by atoms with E-state index in [1.807, 2.05) is 72.4 Å². The van der Waals surface area contributed by atoms with Crippen molar-refractivity contribution in [3.05, 3.63) is 83.7 Å². The van der Waals surface area contributed by atoms with Gasteiger partial charge in [0.15, 0.2) is 0 Å². The predicted molar refractivity (Wildman–Crippen MR) is 131 cm³/mol. The van der Waals surface area contributed by atoms with Crippen LogP contribution in [0.5, 0.6) is 5.75 Å². The molecule has 0 saturated carbocycles. The average molecular weight is 461 g/mol. The molecule has 34 heavy (non-hydrogen) atoms. The van der Waals surface area contributed by atoms with Crippen LogP contribution in [0.1, 0.15) is 39.3 Å². The number of methoxy groups -OCH3 is 1. The van der Waals surface area contributed by atoms with Gasteiger partial charge in [-0.05, 0) is 61.1 Å². The van der Waals surface area contributed by atoms with Crippen molar-refractivity contribution < 1.29 is 14.3 Å². The van der Waals surface area contributed by atoms with E-state index in [4.69, 9.17) is 4.74 Å². The number of rotatable bonds is 7. The van der Waals surface area contributed by atoms with Crippen molar-refractivity contribution in [2.75, 3.05) is 27.2 Å². The van der Waals surface area contributed by atoms with Gasteiger partial charge in [0, 0.05) is 45.0 Å². The number of nitrogens with zero attached hydrogens (tertiary/aromatic N) is 4. The third-order valence-corrected chi connectivity index (χ3v) is 6.72. The first-order valence-electron chi connectivity index (χ1n) is 11.7. The Morgan fingerprint density at radius 1 is 1.09 bits per heavy atom. The van der Waals surface area contributed by atoms with Gasteiger partial charge in [0.25, 0.3) is 11.8 Å². The predicted octanol–water partition coefficient (Wildman–Crippen LogP) is 3.66. The van der Waals surface area contributed by atoms with Crippen LogP contribution in [0.2, 0.25) is 0 Å². The first kappa shape index (κ1) is 23.5. The SMILES string of the molecule is COc1cccc(CC(C2CCN(C(=O)c3ccccc3)CC2)N(C)C(=O)c2ccn(C)n2)c1. The Labute approximate surface area is 200 Å². The van der Waals surface area contributed by atoms with E-state index < -0.39 is 0 Å². The lowest BCUT2D eigenvalue weighted by Crippen LogP contribution is -2.48. The van der Waals surface area contributed by atoms with Crippen LogP contribution in [-0.4, -0.2) is 64.7 Å². The summed E-state index contributed by atoms with van der Waals surface area (Å²) in [6, 6.07) is 19.2. The van der Waals surface area contributed by atoms with Crippen molar-refractivity contribution in [1.29, 1.82) is 0 Å². The van der Waals surface area contributed by atoms with Crippen LogP contribution < -0.4 is 4.74 Å². The van der Waals surface area contributed by atoms with E-state index in [1.165, 1.54) is 0 Å². The summed E-state index contributed by atoms with van der Waals surface area (Å²) >= 11 is 0. The minimum atomic E-state index is -0.0868. The molecule has 0 N–H and O–H groups in total. The first-order valence-corrected chi connectivity index (χ1v) is 11.7. The average Bonchev–Trinajstić information content (AvgIpc) is 3.33. The Bertz CT molecular complexity index is 1120. The van der Waals surface area contributed by atoms with Crippen molar-refractivity contribution >= 4 is 11.8 Å². The van der Waals surface area contributed by atoms with Gasteiger partial charge in [0.1, 0.15) is 11.4 Å². The number of aromatic nitrogens is 2. The zero-order valence-electron chi connectivity index (χ0n) is 20.1. The molecule has 0 bridgehead atoms. The molecule has 7 nitrogen and oxygen atoms in total. The topological polar surface area (TPSA) is 67.7 Å². The van der Waals surface area contributed by atoms with E-state index in [-0.39, 0.29) is 23.8 Å². The van der Waals surface area contributed by atoms with Crippen molar-refractivity contribution in [3.63, 3.8) is 0 Å². The van der Waals surface area contributed by atoms with Crippen LogP contribution in [0.3, 0.4) is 0 Å². The quantitative estimate of drug-likeness (QED) is 0.540. The third-order valence-electron chi connectivity index (χ3n) is 6.72. The van der Waals surface area contributed by atoms with Gasteiger partial charge in [-0.15, -0.1) is 0 Å². The number of carbonyl (C=O) groups is 2. The van der Waals surface area contributed by atoms with E-state index in [0.29, 0.717) is 25.2 Å². The number of hydrogen-bond acceptors (Lipinski definition) is 4. The van der Waals surface area contributed by atoms with Gasteiger partial charge in [0.05, 0.1) is 7.11 Å². The zero-order valence-corrected chi connectivity index (χ0v) is 20.1. The van der Waals surface area contributed by atoms with Gasteiger partial charge in [-0.25, -0.2) is 0 Å². The molecule has 1 atom stereocenters. The van der Waals surface area contributed by atoms with Crippen molar-refractivity contribution in [2.45, 2.75) is 25.3 Å². The lowest BCUT2D eigenvalue weighted by molar-refractivity contribution is 0.0518. The van der Waals surface area contributed by atoms with Gasteiger partial charge >= 0.3 is 0 Å². The highest BCUT2D eigenvalue weighted by molar-refractivity contribution is 5.94. The number of amides is 2. The third kappa shape index (κ3) is 5.30. The molecule has 7 heteroatoms. The summed E-state index contributed by atoms with van der Waals surface area (Å²) in [4.78, 5) is 29.9. The van der Waals surface area contributed by atoms with E-state index in [0.717, 1.165) is 29.7 Å². The second-order valence-corrected chi connectivity index (χ2v) is 8.91. The van der Waals surface area contributed by atoms with Crippen LogP contribution >= 0.6 is 0 Å². The smallest absolute Gasteiger partial charge is 0.274 e. The Morgan fingerprint density at radius 3 is 2.47 bits per heavy atom. The fourth-order valence-electron chi connectivity index (χ4n) is 4.77. The Morgan fingerprint density at radius 2 is 1.82 bits per heavy atom. The van der Waals surface area contributed by atoms with Crippen molar-refractivity contribution in [2.24, 2.45) is 13.0 Å². The van der Waals surface area contributed by atoms with Crippen LogP contribution in [-0.2, 0) is 13.5 Å². The molecule has 1 aliphatic rings. The largest absolute Gasteiger partial charge is 0.497 e. The van der Waals surface area contributed by atoms with Gasteiger partial charge in [-0.3, -0.25) is 14.3 Å². The summed E-state index contributed by atoms with van der Waals surface area (Å²) in [6.45, 7) is 1.36. The molecular weight excluding hydrogens is 428 g/mol. The second-order valence-electron chi connectivity index (χ2n) is 8.91. The molecule has 1 fully saturated rings. The first-order chi connectivity index (χ1) is 16.5. The molecule has 3 aromatic rings. The summed E-state index contributed by atoms with van der Waals surface area (Å²) in [5.41, 5.74) is 2.28. The Hall–Kier alpha value is -3.61. The molecule has 1 aliphatic heterocycles. The van der Waals surface area contributed by atoms with E-state index >= 15 is 0 Å². The minimum absolute atomic E-state index is 0.0180. The number of hydrogen-bond donors (Lipinski definition) is 0. The van der Waals surface area contributed by atoms with Gasteiger partial charge in [-0.1, -0.05) is 30.3 Å².